The molecule has 2 bridgehead atoms. The minimum absolute atomic E-state index is 0.178. The molecule has 8 rings (SSSR count). The molecule has 0 unspecified atom stereocenters. The van der Waals surface area contributed by atoms with Gasteiger partial charge in [0.25, 0.3) is 0 Å². The number of anilines is 1. The first-order chi connectivity index (χ1) is 19.8. The number of imide groups is 1. The Labute approximate surface area is 237 Å². The molecule has 3 aliphatic carbocycles. The normalized spacial score (nSPS) is 21.8. The van der Waals surface area contributed by atoms with E-state index in [0.717, 1.165) is 33.4 Å². The number of rotatable bonds is 5. The number of nitrogens with zero attached hydrogens (tertiary/aromatic N) is 1. The predicted octanol–water partition coefficient (Wildman–Crippen LogP) is 5.74. The van der Waals surface area contributed by atoms with Crippen LogP contribution in [0, 0.1) is 25.7 Å². The summed E-state index contributed by atoms with van der Waals surface area (Å²) in [6, 6.07) is 28.1. The summed E-state index contributed by atoms with van der Waals surface area (Å²) in [4.78, 5) is 54.5. The summed E-state index contributed by atoms with van der Waals surface area (Å²) in [6.07, 6.45) is 0. The molecular weight excluding hydrogens is 514 g/mol. The Hall–Kier alpha value is -4.84. The van der Waals surface area contributed by atoms with E-state index in [-0.39, 0.29) is 41.6 Å². The van der Waals surface area contributed by atoms with Crippen molar-refractivity contribution in [2.45, 2.75) is 25.7 Å². The van der Waals surface area contributed by atoms with E-state index < -0.39 is 17.8 Å². The lowest BCUT2D eigenvalue weighted by molar-refractivity contribution is -0.122. The van der Waals surface area contributed by atoms with E-state index in [0.29, 0.717) is 11.3 Å². The van der Waals surface area contributed by atoms with Gasteiger partial charge in [-0.25, -0.2) is 9.69 Å². The fourth-order valence-electron chi connectivity index (χ4n) is 7.01. The van der Waals surface area contributed by atoms with Crippen LogP contribution in [-0.4, -0.2) is 30.2 Å². The second kappa shape index (κ2) is 9.37. The highest BCUT2D eigenvalue weighted by Crippen LogP contribution is 2.61. The van der Waals surface area contributed by atoms with Gasteiger partial charge in [-0.15, -0.1) is 0 Å². The lowest BCUT2D eigenvalue weighted by Crippen LogP contribution is -2.41. The van der Waals surface area contributed by atoms with Crippen LogP contribution in [0.15, 0.2) is 91.0 Å². The van der Waals surface area contributed by atoms with Crippen LogP contribution in [0.25, 0.3) is 0 Å². The first-order valence-corrected chi connectivity index (χ1v) is 13.8. The van der Waals surface area contributed by atoms with Crippen molar-refractivity contribution in [2.75, 3.05) is 11.5 Å². The van der Waals surface area contributed by atoms with Crippen LogP contribution in [0.1, 0.15) is 65.9 Å². The highest BCUT2D eigenvalue weighted by Gasteiger charge is 2.61. The maximum Gasteiger partial charge on any atom is 0.338 e. The zero-order valence-electron chi connectivity index (χ0n) is 22.7. The molecule has 0 saturated carbocycles. The molecule has 1 heterocycles. The molecule has 2 atom stereocenters. The average Bonchev–Trinajstić information content (AvgIpc) is 3.27. The van der Waals surface area contributed by atoms with Crippen molar-refractivity contribution in [1.29, 1.82) is 0 Å². The SMILES string of the molecule is Cc1ccc(C)c(C(=O)COC(=O)c2ccc(N3C(=O)[C@@H]4C5c6ccccc6C(c6ccccc65)[C@@H]4C3=O)cc2)c1. The summed E-state index contributed by atoms with van der Waals surface area (Å²) >= 11 is 0. The van der Waals surface area contributed by atoms with Crippen LogP contribution in [0.2, 0.25) is 0 Å². The van der Waals surface area contributed by atoms with Crippen LogP contribution in [0.5, 0.6) is 0 Å². The van der Waals surface area contributed by atoms with Crippen molar-refractivity contribution in [1.82, 2.24) is 0 Å². The fourth-order valence-corrected chi connectivity index (χ4v) is 7.01. The maximum absolute atomic E-state index is 13.9. The lowest BCUT2D eigenvalue weighted by atomic mass is 9.55. The van der Waals surface area contributed by atoms with E-state index in [1.165, 1.54) is 17.0 Å². The molecule has 1 fully saturated rings. The number of carbonyl (C=O) groups excluding carboxylic acids is 4. The molecule has 0 N–H and O–H groups in total. The van der Waals surface area contributed by atoms with Gasteiger partial charge in [0, 0.05) is 17.4 Å². The Kier molecular flexibility index (Phi) is 5.75. The van der Waals surface area contributed by atoms with E-state index in [1.54, 1.807) is 18.2 Å². The van der Waals surface area contributed by atoms with Crippen LogP contribution in [0.4, 0.5) is 5.69 Å². The smallest absolute Gasteiger partial charge is 0.338 e. The van der Waals surface area contributed by atoms with E-state index in [4.69, 9.17) is 4.74 Å². The number of Topliss-reactive ketones (excluding diaryl/α,β-unsaturated/α-hetero) is 1. The standard InChI is InChI=1S/C35H27NO5/c1-19-11-12-20(2)27(17-19)28(37)18-41-35(40)21-13-15-22(16-14-21)36-33(38)31-29-23-7-3-4-8-24(23)30(32(31)34(36)39)26-10-6-5-9-25(26)29/h3-17,29-32H,18H2,1-2H3/t29?,30?,31-,32+. The number of ether oxygens (including phenoxy) is 1. The molecule has 0 spiro atoms. The van der Waals surface area contributed by atoms with Crippen molar-refractivity contribution >= 4 is 29.3 Å². The molecule has 2 amide bonds. The number of amides is 2. The Morgan fingerprint density at radius 1 is 0.707 bits per heavy atom. The third kappa shape index (κ3) is 3.78. The third-order valence-electron chi connectivity index (χ3n) is 8.84. The Morgan fingerprint density at radius 2 is 1.22 bits per heavy atom. The lowest BCUT2D eigenvalue weighted by Gasteiger charge is -2.45. The molecule has 6 heteroatoms. The van der Waals surface area contributed by atoms with Crippen LogP contribution in [-0.2, 0) is 14.3 Å². The molecule has 0 aromatic heterocycles. The number of hydrogen-bond acceptors (Lipinski definition) is 5. The largest absolute Gasteiger partial charge is 0.454 e. The van der Waals surface area contributed by atoms with Gasteiger partial charge in [-0.3, -0.25) is 14.4 Å². The number of ketones is 1. The number of aryl methyl sites for hydroxylation is 2. The number of benzene rings is 4. The maximum atomic E-state index is 13.9. The third-order valence-corrected chi connectivity index (χ3v) is 8.84. The quantitative estimate of drug-likeness (QED) is 0.183. The molecule has 4 aromatic rings. The summed E-state index contributed by atoms with van der Waals surface area (Å²) in [5.41, 5.74) is 7.43. The first-order valence-electron chi connectivity index (χ1n) is 13.8. The minimum atomic E-state index is -0.646. The Morgan fingerprint density at radius 3 is 1.73 bits per heavy atom. The molecule has 4 aromatic carbocycles. The Bertz CT molecular complexity index is 1660. The van der Waals surface area contributed by atoms with Crippen molar-refractivity contribution in [3.05, 3.63) is 136 Å². The predicted molar refractivity (Wildman–Crippen MR) is 153 cm³/mol. The first kappa shape index (κ1) is 25.1. The van der Waals surface area contributed by atoms with Crippen molar-refractivity contribution in [3.8, 4) is 0 Å². The van der Waals surface area contributed by atoms with Gasteiger partial charge < -0.3 is 4.74 Å². The average molecular weight is 542 g/mol. The second-order valence-electron chi connectivity index (χ2n) is 11.1. The highest BCUT2D eigenvalue weighted by molar-refractivity contribution is 6.23. The molecule has 6 nitrogen and oxygen atoms in total. The van der Waals surface area contributed by atoms with Crippen molar-refractivity contribution in [3.63, 3.8) is 0 Å². The molecular formula is C35H27NO5. The van der Waals surface area contributed by atoms with Gasteiger partial charge in [0.2, 0.25) is 17.6 Å². The van der Waals surface area contributed by atoms with Gasteiger partial charge in [-0.1, -0.05) is 66.2 Å². The molecule has 1 saturated heterocycles. The Balaban J connectivity index is 1.13. The van der Waals surface area contributed by atoms with Gasteiger partial charge in [-0.2, -0.15) is 0 Å². The number of esters is 1. The van der Waals surface area contributed by atoms with Crippen molar-refractivity contribution < 1.29 is 23.9 Å². The molecule has 41 heavy (non-hydrogen) atoms. The van der Waals surface area contributed by atoms with Gasteiger partial charge in [0.1, 0.15) is 0 Å². The van der Waals surface area contributed by atoms with E-state index in [1.807, 2.05) is 50.2 Å². The van der Waals surface area contributed by atoms with Crippen LogP contribution in [0.3, 0.4) is 0 Å². The zero-order chi connectivity index (χ0) is 28.4. The van der Waals surface area contributed by atoms with E-state index in [2.05, 4.69) is 24.3 Å². The fraction of sp³-hybridized carbons (Fsp3) is 0.200. The second-order valence-corrected chi connectivity index (χ2v) is 11.1. The summed E-state index contributed by atoms with van der Waals surface area (Å²) in [7, 11) is 0. The highest BCUT2D eigenvalue weighted by atomic mass is 16.5. The summed E-state index contributed by atoms with van der Waals surface area (Å²) in [6.45, 7) is 3.37. The number of carbonyl (C=O) groups is 4. The molecule has 1 aliphatic heterocycles. The monoisotopic (exact) mass is 541 g/mol. The molecule has 4 aliphatic rings. The topological polar surface area (TPSA) is 80.8 Å². The number of hydrogen-bond donors (Lipinski definition) is 0. The summed E-state index contributed by atoms with van der Waals surface area (Å²) < 4.78 is 5.30. The van der Waals surface area contributed by atoms with Crippen LogP contribution < -0.4 is 4.90 Å². The summed E-state index contributed by atoms with van der Waals surface area (Å²) in [5.74, 6) is -2.65. The zero-order valence-corrected chi connectivity index (χ0v) is 22.7. The van der Waals surface area contributed by atoms with Crippen LogP contribution >= 0.6 is 0 Å². The van der Waals surface area contributed by atoms with Gasteiger partial charge >= 0.3 is 5.97 Å². The molecule has 202 valence electrons. The van der Waals surface area contributed by atoms with E-state index in [9.17, 15) is 19.2 Å². The van der Waals surface area contributed by atoms with Gasteiger partial charge in [0.15, 0.2) is 6.61 Å². The molecule has 0 radical (unpaired) electrons. The van der Waals surface area contributed by atoms with Gasteiger partial charge in [-0.05, 0) is 72.0 Å². The summed E-state index contributed by atoms with van der Waals surface area (Å²) in [5, 5.41) is 0. The minimum Gasteiger partial charge on any atom is -0.454 e. The van der Waals surface area contributed by atoms with Gasteiger partial charge in [0.05, 0.1) is 23.1 Å². The van der Waals surface area contributed by atoms with Crippen molar-refractivity contribution in [2.24, 2.45) is 11.8 Å². The van der Waals surface area contributed by atoms with E-state index >= 15 is 0 Å².